The minimum Gasteiger partial charge on any atom is -0.496 e. The van der Waals surface area contributed by atoms with E-state index in [1.807, 2.05) is 50.3 Å². The fourth-order valence-electron chi connectivity index (χ4n) is 13.6. The summed E-state index contributed by atoms with van der Waals surface area (Å²) in [7, 11) is 0.640. The number of aliphatic hydroxyl groups is 2. The van der Waals surface area contributed by atoms with Gasteiger partial charge in [-0.2, -0.15) is 8.42 Å². The van der Waals surface area contributed by atoms with Gasteiger partial charge in [-0.25, -0.2) is 4.79 Å². The molecule has 10 unspecified atom stereocenters. The number of methoxy groups -OCH3 is 4. The number of rotatable bonds is 8. The zero-order chi connectivity index (χ0) is 47.1. The number of amides is 1. The first-order valence-electron chi connectivity index (χ1n) is 21.9. The van der Waals surface area contributed by atoms with Crippen LogP contribution in [0.5, 0.6) is 5.75 Å². The molecule has 9 rings (SSSR count). The lowest BCUT2D eigenvalue weighted by Gasteiger charge is -2.63. The van der Waals surface area contributed by atoms with E-state index >= 15 is 4.79 Å². The highest BCUT2D eigenvalue weighted by molar-refractivity contribution is 7.79. The van der Waals surface area contributed by atoms with Crippen LogP contribution >= 0.6 is 0 Å². The molecule has 5 aliphatic heterocycles. The lowest BCUT2D eigenvalue weighted by molar-refractivity contribution is -0.210. The van der Waals surface area contributed by atoms with E-state index in [1.165, 1.54) is 33.3 Å². The quantitative estimate of drug-likeness (QED) is 0.0717. The van der Waals surface area contributed by atoms with E-state index in [0.29, 0.717) is 99.5 Å². The average molecular weight is 923 g/mol. The van der Waals surface area contributed by atoms with E-state index in [0.717, 1.165) is 16.5 Å². The third-order valence-corrected chi connectivity index (χ3v) is 15.7. The molecule has 19 heteroatoms. The second-order valence-corrected chi connectivity index (χ2v) is 19.4. The van der Waals surface area contributed by atoms with Crippen LogP contribution in [0.15, 0.2) is 48.6 Å². The van der Waals surface area contributed by atoms with Crippen molar-refractivity contribution in [3.63, 3.8) is 0 Å². The number of fused-ring (bicyclic) bond motifs is 6. The van der Waals surface area contributed by atoms with Gasteiger partial charge in [-0.15, -0.1) is 0 Å². The molecule has 1 amide bonds. The number of nitrogens with one attached hydrogen (secondary N) is 1. The van der Waals surface area contributed by atoms with E-state index < -0.39 is 73.8 Å². The minimum atomic E-state index is -4.67. The first-order valence-corrected chi connectivity index (χ1v) is 23.3. The van der Waals surface area contributed by atoms with Crippen molar-refractivity contribution >= 4 is 51.3 Å². The molecular weight excluding hydrogens is 865 g/mol. The van der Waals surface area contributed by atoms with Crippen molar-refractivity contribution in [2.45, 2.75) is 86.5 Å². The summed E-state index contributed by atoms with van der Waals surface area (Å²) in [6.45, 7) is 6.87. The van der Waals surface area contributed by atoms with Gasteiger partial charge in [0.15, 0.2) is 5.60 Å². The maximum atomic E-state index is 15.3. The van der Waals surface area contributed by atoms with Gasteiger partial charge >= 0.3 is 28.3 Å². The number of H-pyrrole nitrogens is 1. The number of nitrogens with zero attached hydrogens (tertiary/aromatic N) is 3. The summed E-state index contributed by atoms with van der Waals surface area (Å²) in [4.78, 5) is 67.3. The molecule has 2 aromatic carbocycles. The van der Waals surface area contributed by atoms with Gasteiger partial charge in [0, 0.05) is 71.3 Å². The van der Waals surface area contributed by atoms with Gasteiger partial charge in [-0.3, -0.25) is 33.3 Å². The second-order valence-electron chi connectivity index (χ2n) is 18.5. The van der Waals surface area contributed by atoms with E-state index in [9.17, 15) is 24.6 Å². The molecule has 2 bridgehead atoms. The minimum absolute atomic E-state index is 0.159. The molecule has 2 saturated heterocycles. The van der Waals surface area contributed by atoms with Gasteiger partial charge in [0.25, 0.3) is 0 Å². The van der Waals surface area contributed by atoms with Crippen molar-refractivity contribution in [1.29, 1.82) is 0 Å². The standard InChI is InChI=1S/C46H56N4O10.H2O4S/c1-7-42(55)22-27-23-45(40(53)59-5,36-29(14-18-48(24-27)25-42)28-12-9-10-13-32(28)47-36)31-20-30-33(21-34(31)57-3)50(26-51)39-44(30)16-19-49-17-11-15-43(8-2,38(44)49)35(37(52)58-4)46(39,56)41(54)60-6;1-5(2,3)4/h9-13,15,20-21,26-27,35,38-39,47,55-56H,7-8,14,16-19,22-25H2,1-6H3;(H2,1,2,3,4). The zero-order valence-corrected chi connectivity index (χ0v) is 38.2. The number of aromatic amines is 1. The van der Waals surface area contributed by atoms with Crippen LogP contribution in [0, 0.1) is 17.3 Å². The number of aromatic nitrogens is 1. The molecule has 6 heterocycles. The Bertz CT molecular complexity index is 2560. The highest BCUT2D eigenvalue weighted by Crippen LogP contribution is 2.69. The van der Waals surface area contributed by atoms with Crippen LogP contribution in [-0.2, 0) is 61.0 Å². The molecule has 65 heavy (non-hydrogen) atoms. The molecular formula is C46H58N4O14S. The first-order chi connectivity index (χ1) is 30.8. The molecule has 10 atom stereocenters. The van der Waals surface area contributed by atoms with E-state index in [1.54, 1.807) is 6.07 Å². The fourth-order valence-corrected chi connectivity index (χ4v) is 13.6. The van der Waals surface area contributed by atoms with Gasteiger partial charge in [-0.1, -0.05) is 44.2 Å². The Labute approximate surface area is 377 Å². The molecule has 6 aliphatic rings. The molecule has 0 radical (unpaired) electrons. The second kappa shape index (κ2) is 16.5. The molecule has 352 valence electrons. The highest BCUT2D eigenvalue weighted by atomic mass is 32.3. The van der Waals surface area contributed by atoms with Crippen LogP contribution in [0.2, 0.25) is 0 Å². The molecule has 1 aromatic heterocycles. The van der Waals surface area contributed by atoms with Crippen molar-refractivity contribution in [2.24, 2.45) is 17.3 Å². The van der Waals surface area contributed by atoms with Crippen LogP contribution in [-0.4, -0.2) is 151 Å². The summed E-state index contributed by atoms with van der Waals surface area (Å²) in [5.74, 6) is -3.64. The van der Waals surface area contributed by atoms with Crippen molar-refractivity contribution in [3.05, 3.63) is 70.9 Å². The number of para-hydroxylation sites is 1. The van der Waals surface area contributed by atoms with Gasteiger partial charge in [0.1, 0.15) is 17.1 Å². The fraction of sp³-hybridized carbons (Fsp3) is 0.565. The first kappa shape index (κ1) is 46.6. The number of carbonyl (C=O) groups is 4. The largest absolute Gasteiger partial charge is 0.496 e. The number of hydrogen-bond acceptors (Lipinski definition) is 14. The Morgan fingerprint density at radius 1 is 0.923 bits per heavy atom. The Balaban J connectivity index is 0.00000109. The van der Waals surface area contributed by atoms with E-state index in [2.05, 4.69) is 20.9 Å². The molecule has 5 N–H and O–H groups in total. The zero-order valence-electron chi connectivity index (χ0n) is 37.4. The highest BCUT2D eigenvalue weighted by Gasteiger charge is 2.81. The number of esters is 3. The molecule has 1 saturated carbocycles. The van der Waals surface area contributed by atoms with Gasteiger partial charge < -0.3 is 39.0 Å². The Kier molecular flexibility index (Phi) is 11.8. The topological polar surface area (TPSA) is 246 Å². The Morgan fingerprint density at radius 2 is 1.63 bits per heavy atom. The van der Waals surface area contributed by atoms with Crippen LogP contribution < -0.4 is 9.64 Å². The van der Waals surface area contributed by atoms with Gasteiger partial charge in [0.05, 0.1) is 45.8 Å². The van der Waals surface area contributed by atoms with Gasteiger partial charge in [-0.05, 0) is 74.2 Å². The van der Waals surface area contributed by atoms with Crippen molar-refractivity contribution < 1.29 is 65.9 Å². The summed E-state index contributed by atoms with van der Waals surface area (Å²) < 4.78 is 54.6. The summed E-state index contributed by atoms with van der Waals surface area (Å²) in [5.41, 5.74) is -3.30. The summed E-state index contributed by atoms with van der Waals surface area (Å²) in [6.07, 6.45) is 7.16. The van der Waals surface area contributed by atoms with Crippen molar-refractivity contribution in [3.8, 4) is 5.75 Å². The molecule has 1 spiro atoms. The predicted molar refractivity (Wildman–Crippen MR) is 235 cm³/mol. The number of ether oxygens (including phenoxy) is 4. The van der Waals surface area contributed by atoms with Crippen LogP contribution in [0.1, 0.15) is 68.3 Å². The SMILES string of the molecule is CCC1(O)CC2CN(CCc3c([nH]c4ccccc34)C(C(=O)OC)(c3cc4c(cc3OC)N(C=O)C3C(O)(C(=O)OC)C(C(=O)OC)C5(CC)C=CCN6CCC43C65)C2)C1.O=S(=O)(O)O. The number of anilines is 1. The predicted octanol–water partition coefficient (Wildman–Crippen LogP) is 2.72. The molecule has 18 nitrogen and oxygen atoms in total. The third kappa shape index (κ3) is 6.74. The number of piperidine rings is 1. The summed E-state index contributed by atoms with van der Waals surface area (Å²) >= 11 is 0. The molecule has 1 aliphatic carbocycles. The van der Waals surface area contributed by atoms with Crippen molar-refractivity contribution in [1.82, 2.24) is 14.8 Å². The van der Waals surface area contributed by atoms with Gasteiger partial charge in [0.2, 0.25) is 6.41 Å². The van der Waals surface area contributed by atoms with Crippen LogP contribution in [0.4, 0.5) is 5.69 Å². The number of carbonyl (C=O) groups excluding carboxylic acids is 4. The summed E-state index contributed by atoms with van der Waals surface area (Å²) in [5, 5.41) is 26.3. The maximum absolute atomic E-state index is 15.3. The Morgan fingerprint density at radius 3 is 2.26 bits per heavy atom. The van der Waals surface area contributed by atoms with E-state index in [4.69, 9.17) is 36.5 Å². The third-order valence-electron chi connectivity index (χ3n) is 15.7. The normalized spacial score (nSPS) is 34.6. The molecule has 3 fully saturated rings. The average Bonchev–Trinajstić information content (AvgIpc) is 3.96. The van der Waals surface area contributed by atoms with Crippen molar-refractivity contribution in [2.75, 3.05) is 66.1 Å². The smallest absolute Gasteiger partial charge is 0.394 e. The summed E-state index contributed by atoms with van der Waals surface area (Å²) in [6, 6.07) is 9.90. The molecule has 3 aromatic rings. The lowest BCUT2D eigenvalue weighted by atomic mass is 9.44. The lowest BCUT2D eigenvalue weighted by Crippen LogP contribution is -2.80. The monoisotopic (exact) mass is 922 g/mol. The van der Waals surface area contributed by atoms with Crippen LogP contribution in [0.25, 0.3) is 10.9 Å². The van der Waals surface area contributed by atoms with E-state index in [-0.39, 0.29) is 12.3 Å². The Hall–Kier alpha value is -4.89. The number of hydrogen-bond donors (Lipinski definition) is 5. The number of benzene rings is 2. The maximum Gasteiger partial charge on any atom is 0.394 e. The van der Waals surface area contributed by atoms with Crippen LogP contribution in [0.3, 0.4) is 0 Å².